The van der Waals surface area contributed by atoms with E-state index in [0.29, 0.717) is 17.4 Å². The summed E-state index contributed by atoms with van der Waals surface area (Å²) in [5.74, 6) is -1.18. The van der Waals surface area contributed by atoms with Gasteiger partial charge in [0.15, 0.2) is 0 Å². The molecule has 2 aromatic rings. The summed E-state index contributed by atoms with van der Waals surface area (Å²) in [6.07, 6.45) is 4.16. The van der Waals surface area contributed by atoms with Crippen LogP contribution in [0.4, 0.5) is 0 Å². The third kappa shape index (κ3) is 2.47. The number of aromatic hydroxyl groups is 1. The third-order valence-electron chi connectivity index (χ3n) is 2.73. The zero-order valence-electron chi connectivity index (χ0n) is 10.2. The Morgan fingerprint density at radius 1 is 1.53 bits per heavy atom. The summed E-state index contributed by atoms with van der Waals surface area (Å²) in [7, 11) is 0. The fourth-order valence-electron chi connectivity index (χ4n) is 1.80. The molecule has 0 atom stereocenters. The summed E-state index contributed by atoms with van der Waals surface area (Å²) < 4.78 is 0. The Morgan fingerprint density at radius 2 is 2.26 bits per heavy atom. The van der Waals surface area contributed by atoms with E-state index in [4.69, 9.17) is 5.11 Å². The van der Waals surface area contributed by atoms with Crippen molar-refractivity contribution in [1.29, 1.82) is 0 Å². The molecule has 0 bridgehead atoms. The van der Waals surface area contributed by atoms with Crippen LogP contribution in [0.5, 0.6) is 5.75 Å². The minimum atomic E-state index is -1.07. The Kier molecular flexibility index (Phi) is 3.33. The highest BCUT2D eigenvalue weighted by molar-refractivity contribution is 5.88. The van der Waals surface area contributed by atoms with Crippen LogP contribution in [0.25, 0.3) is 17.1 Å². The number of aliphatic carboxylic acids is 1. The molecule has 0 aliphatic rings. The Labute approximate surface area is 108 Å². The van der Waals surface area contributed by atoms with Gasteiger partial charge in [0.25, 0.3) is 5.56 Å². The normalized spacial score (nSPS) is 11.2. The lowest BCUT2D eigenvalue weighted by Crippen LogP contribution is -2.12. The first-order chi connectivity index (χ1) is 9.02. The first-order valence-corrected chi connectivity index (χ1v) is 5.67. The number of H-pyrrole nitrogens is 1. The predicted octanol–water partition coefficient (Wildman–Crippen LogP) is 1.29. The van der Waals surface area contributed by atoms with Gasteiger partial charge in [-0.1, -0.05) is 6.92 Å². The van der Waals surface area contributed by atoms with Gasteiger partial charge in [-0.2, -0.15) is 0 Å². The molecule has 6 heteroatoms. The van der Waals surface area contributed by atoms with Crippen LogP contribution < -0.4 is 5.56 Å². The largest absolute Gasteiger partial charge is 0.507 e. The molecule has 2 aromatic heterocycles. The van der Waals surface area contributed by atoms with Crippen molar-refractivity contribution in [3.63, 3.8) is 0 Å². The number of hydrogen-bond acceptors (Lipinski definition) is 4. The molecule has 0 aliphatic heterocycles. The minimum Gasteiger partial charge on any atom is -0.507 e. The summed E-state index contributed by atoms with van der Waals surface area (Å²) in [6.45, 7) is 1.76. The Hall–Kier alpha value is -2.63. The average Bonchev–Trinajstić information content (AvgIpc) is 2.37. The zero-order valence-corrected chi connectivity index (χ0v) is 10.2. The lowest BCUT2D eigenvalue weighted by molar-refractivity contribution is -0.131. The molecule has 98 valence electrons. The van der Waals surface area contributed by atoms with Crippen LogP contribution in [0.3, 0.4) is 0 Å². The topological polar surface area (TPSA) is 103 Å². The van der Waals surface area contributed by atoms with Gasteiger partial charge in [-0.3, -0.25) is 4.79 Å². The molecule has 2 rings (SSSR count). The van der Waals surface area contributed by atoms with E-state index in [1.165, 1.54) is 12.3 Å². The summed E-state index contributed by atoms with van der Waals surface area (Å²) in [5.41, 5.74) is 0.717. The number of carboxylic acid groups (broad SMARTS) is 1. The molecule has 0 unspecified atom stereocenters. The number of fused-ring (bicyclic) bond motifs is 1. The van der Waals surface area contributed by atoms with Crippen molar-refractivity contribution in [2.24, 2.45) is 0 Å². The van der Waals surface area contributed by atoms with E-state index in [1.54, 1.807) is 13.0 Å². The highest BCUT2D eigenvalue weighted by atomic mass is 16.4. The molecule has 0 aliphatic carbocycles. The first kappa shape index (κ1) is 12.8. The minimum absolute atomic E-state index is 0.112. The molecule has 0 amide bonds. The number of hydrogen-bond donors (Lipinski definition) is 3. The fraction of sp³-hybridized carbons (Fsp3) is 0.154. The van der Waals surface area contributed by atoms with Crippen molar-refractivity contribution < 1.29 is 15.0 Å². The Balaban J connectivity index is 2.65. The van der Waals surface area contributed by atoms with Crippen LogP contribution in [0.1, 0.15) is 18.1 Å². The number of pyridine rings is 2. The van der Waals surface area contributed by atoms with Gasteiger partial charge in [-0.15, -0.1) is 0 Å². The fourth-order valence-corrected chi connectivity index (χ4v) is 1.80. The smallest absolute Gasteiger partial charge is 0.328 e. The monoisotopic (exact) mass is 260 g/mol. The average molecular weight is 260 g/mol. The van der Waals surface area contributed by atoms with E-state index in [1.807, 2.05) is 0 Å². The summed E-state index contributed by atoms with van der Waals surface area (Å²) in [4.78, 5) is 28.7. The molecular weight excluding hydrogens is 248 g/mol. The van der Waals surface area contributed by atoms with Crippen LogP contribution >= 0.6 is 0 Å². The van der Waals surface area contributed by atoms with Crippen molar-refractivity contribution in [2.45, 2.75) is 13.3 Å². The molecule has 0 aromatic carbocycles. The quantitative estimate of drug-likeness (QED) is 0.721. The number of nitrogens with one attached hydrogen (secondary N) is 1. The molecular formula is C13H12N2O4. The van der Waals surface area contributed by atoms with Gasteiger partial charge >= 0.3 is 5.97 Å². The summed E-state index contributed by atoms with van der Waals surface area (Å²) in [6, 6.07) is 1.58. The van der Waals surface area contributed by atoms with Crippen molar-refractivity contribution in [1.82, 2.24) is 9.97 Å². The van der Waals surface area contributed by atoms with Crippen molar-refractivity contribution in [3.05, 3.63) is 39.8 Å². The van der Waals surface area contributed by atoms with Crippen molar-refractivity contribution in [2.75, 3.05) is 0 Å². The predicted molar refractivity (Wildman–Crippen MR) is 70.1 cm³/mol. The maximum absolute atomic E-state index is 11.6. The number of carboxylic acids is 1. The second-order valence-electron chi connectivity index (χ2n) is 3.97. The van der Waals surface area contributed by atoms with E-state index >= 15 is 0 Å². The highest BCUT2D eigenvalue weighted by Crippen LogP contribution is 2.24. The lowest BCUT2D eigenvalue weighted by atomic mass is 10.1. The Bertz CT molecular complexity index is 731. The van der Waals surface area contributed by atoms with Gasteiger partial charge in [0, 0.05) is 12.3 Å². The molecule has 0 radical (unpaired) electrons. The maximum Gasteiger partial charge on any atom is 0.328 e. The molecule has 3 N–H and O–H groups in total. The van der Waals surface area contributed by atoms with Crippen LogP contribution in [0.2, 0.25) is 0 Å². The van der Waals surface area contributed by atoms with E-state index in [0.717, 1.165) is 6.08 Å². The molecule has 6 nitrogen and oxygen atoms in total. The molecule has 0 saturated carbocycles. The van der Waals surface area contributed by atoms with Crippen LogP contribution in [-0.4, -0.2) is 26.2 Å². The van der Waals surface area contributed by atoms with Crippen LogP contribution in [0, 0.1) is 0 Å². The second kappa shape index (κ2) is 4.93. The molecule has 0 fully saturated rings. The molecule has 2 heterocycles. The van der Waals surface area contributed by atoms with Gasteiger partial charge in [0.1, 0.15) is 11.4 Å². The van der Waals surface area contributed by atoms with Crippen molar-refractivity contribution in [3.8, 4) is 5.75 Å². The van der Waals surface area contributed by atoms with Gasteiger partial charge < -0.3 is 15.2 Å². The van der Waals surface area contributed by atoms with E-state index < -0.39 is 5.97 Å². The molecule has 19 heavy (non-hydrogen) atoms. The zero-order chi connectivity index (χ0) is 14.0. The van der Waals surface area contributed by atoms with Crippen LogP contribution in [0.15, 0.2) is 23.1 Å². The third-order valence-corrected chi connectivity index (χ3v) is 2.73. The van der Waals surface area contributed by atoms with E-state index in [2.05, 4.69) is 9.97 Å². The number of aromatic amines is 1. The lowest BCUT2D eigenvalue weighted by Gasteiger charge is -2.05. The molecule has 0 spiro atoms. The van der Waals surface area contributed by atoms with Gasteiger partial charge in [-0.25, -0.2) is 9.78 Å². The summed E-state index contributed by atoms with van der Waals surface area (Å²) >= 11 is 0. The van der Waals surface area contributed by atoms with Crippen molar-refractivity contribution >= 4 is 23.1 Å². The number of aromatic nitrogens is 2. The summed E-state index contributed by atoms with van der Waals surface area (Å²) in [5, 5.41) is 19.0. The van der Waals surface area contributed by atoms with Crippen LogP contribution in [-0.2, 0) is 11.2 Å². The SMILES string of the molecule is CCc1c(O)c2cc(/C=C/C(=O)O)cnc2[nH]c1=O. The number of carbonyl (C=O) groups is 1. The van der Waals surface area contributed by atoms with Gasteiger partial charge in [0.05, 0.1) is 10.9 Å². The maximum atomic E-state index is 11.6. The Morgan fingerprint density at radius 3 is 2.89 bits per heavy atom. The number of nitrogens with zero attached hydrogens (tertiary/aromatic N) is 1. The molecule has 0 saturated heterocycles. The highest BCUT2D eigenvalue weighted by Gasteiger charge is 2.11. The van der Waals surface area contributed by atoms with Gasteiger partial charge in [-0.05, 0) is 24.1 Å². The number of rotatable bonds is 3. The standard InChI is InChI=1S/C13H12N2O4/c1-2-8-11(18)9-5-7(3-4-10(16)17)6-14-12(9)15-13(8)19/h3-6H,2H2,1H3,(H,16,17)(H2,14,15,18,19)/b4-3+. The van der Waals surface area contributed by atoms with E-state index in [9.17, 15) is 14.7 Å². The van der Waals surface area contributed by atoms with Gasteiger partial charge in [0.2, 0.25) is 0 Å². The second-order valence-corrected chi connectivity index (χ2v) is 3.97. The first-order valence-electron chi connectivity index (χ1n) is 5.67. The van der Waals surface area contributed by atoms with E-state index in [-0.39, 0.29) is 22.5 Å².